The van der Waals surface area contributed by atoms with Crippen LogP contribution in [0.5, 0.6) is 11.5 Å². The molecular formula is C19H17BrF2N2O4. The molecule has 2 aromatic carbocycles. The van der Waals surface area contributed by atoms with E-state index in [1.54, 1.807) is 4.90 Å². The highest BCUT2D eigenvalue weighted by molar-refractivity contribution is 9.10. The van der Waals surface area contributed by atoms with E-state index in [-0.39, 0.29) is 29.5 Å². The molecule has 148 valence electrons. The number of alkyl halides is 2. The quantitative estimate of drug-likeness (QED) is 0.726. The molecule has 0 atom stereocenters. The fraction of sp³-hybridized carbons (Fsp3) is 0.263. The number of carbonyl (C=O) groups excluding carboxylic acids is 2. The van der Waals surface area contributed by atoms with Crippen LogP contribution in [0.25, 0.3) is 0 Å². The third-order valence-corrected chi connectivity index (χ3v) is 4.77. The highest BCUT2D eigenvalue weighted by atomic mass is 79.9. The van der Waals surface area contributed by atoms with Gasteiger partial charge in [0.1, 0.15) is 0 Å². The average molecular weight is 455 g/mol. The van der Waals surface area contributed by atoms with Crippen molar-refractivity contribution in [2.75, 3.05) is 25.1 Å². The zero-order chi connectivity index (χ0) is 20.3. The number of nitrogens with zero attached hydrogens (tertiary/aromatic N) is 1. The second-order valence-electron chi connectivity index (χ2n) is 6.00. The molecule has 0 radical (unpaired) electrons. The largest absolute Gasteiger partial charge is 0.493 e. The van der Waals surface area contributed by atoms with Crippen molar-refractivity contribution in [3.05, 3.63) is 52.0 Å². The predicted molar refractivity (Wildman–Crippen MR) is 102 cm³/mol. The van der Waals surface area contributed by atoms with E-state index >= 15 is 0 Å². The summed E-state index contributed by atoms with van der Waals surface area (Å²) in [7, 11) is 1.28. The Morgan fingerprint density at radius 3 is 2.71 bits per heavy atom. The van der Waals surface area contributed by atoms with Crippen LogP contribution in [0.15, 0.2) is 40.9 Å². The molecule has 1 aliphatic heterocycles. The number of fused-ring (bicyclic) bond motifs is 1. The second kappa shape index (κ2) is 8.55. The summed E-state index contributed by atoms with van der Waals surface area (Å²) in [5, 5.41) is 2.55. The Hall–Kier alpha value is -2.68. The topological polar surface area (TPSA) is 67.9 Å². The van der Waals surface area contributed by atoms with Crippen LogP contribution in [0, 0.1) is 0 Å². The van der Waals surface area contributed by atoms with Gasteiger partial charge < -0.3 is 19.7 Å². The summed E-state index contributed by atoms with van der Waals surface area (Å²) in [5.74, 6) is -0.937. The van der Waals surface area contributed by atoms with Crippen LogP contribution in [0.1, 0.15) is 15.9 Å². The van der Waals surface area contributed by atoms with E-state index < -0.39 is 12.5 Å². The summed E-state index contributed by atoms with van der Waals surface area (Å²) in [6, 6.07) is 9.51. The molecule has 6 nitrogen and oxygen atoms in total. The summed E-state index contributed by atoms with van der Waals surface area (Å²) < 4.78 is 35.0. The molecule has 1 aliphatic rings. The van der Waals surface area contributed by atoms with Gasteiger partial charge in [0.15, 0.2) is 11.5 Å². The Bertz CT molecular complexity index is 907. The van der Waals surface area contributed by atoms with Gasteiger partial charge in [0.2, 0.25) is 5.91 Å². The minimum absolute atomic E-state index is 0.00155. The van der Waals surface area contributed by atoms with Crippen molar-refractivity contribution in [2.45, 2.75) is 13.0 Å². The van der Waals surface area contributed by atoms with E-state index in [0.29, 0.717) is 6.54 Å². The molecule has 9 heteroatoms. The van der Waals surface area contributed by atoms with E-state index in [1.807, 2.05) is 18.2 Å². The van der Waals surface area contributed by atoms with Gasteiger partial charge in [-0.2, -0.15) is 8.78 Å². The number of hydrogen-bond acceptors (Lipinski definition) is 4. The molecule has 28 heavy (non-hydrogen) atoms. The van der Waals surface area contributed by atoms with Crippen molar-refractivity contribution < 1.29 is 27.8 Å². The van der Waals surface area contributed by atoms with Gasteiger partial charge in [-0.3, -0.25) is 9.59 Å². The number of benzene rings is 2. The van der Waals surface area contributed by atoms with E-state index in [9.17, 15) is 18.4 Å². The molecule has 2 aromatic rings. The highest BCUT2D eigenvalue weighted by Gasteiger charge is 2.25. The lowest BCUT2D eigenvalue weighted by Crippen LogP contribution is -2.39. The number of methoxy groups -OCH3 is 1. The van der Waals surface area contributed by atoms with Crippen LogP contribution in [0.3, 0.4) is 0 Å². The molecule has 1 heterocycles. The summed E-state index contributed by atoms with van der Waals surface area (Å²) >= 11 is 3.41. The predicted octanol–water partition coefficient (Wildman–Crippen LogP) is 3.38. The maximum atomic E-state index is 12.5. The minimum Gasteiger partial charge on any atom is -0.493 e. The van der Waals surface area contributed by atoms with Crippen LogP contribution in [-0.2, 0) is 11.2 Å². The molecular weight excluding hydrogens is 438 g/mol. The van der Waals surface area contributed by atoms with E-state index in [2.05, 4.69) is 26.0 Å². The molecule has 0 fully saturated rings. The first-order valence-corrected chi connectivity index (χ1v) is 9.18. The zero-order valence-corrected chi connectivity index (χ0v) is 16.5. The van der Waals surface area contributed by atoms with Crippen LogP contribution in [0.2, 0.25) is 0 Å². The Balaban J connectivity index is 1.64. The molecule has 2 amide bonds. The lowest BCUT2D eigenvalue weighted by Gasteiger charge is -2.18. The molecule has 3 rings (SSSR count). The van der Waals surface area contributed by atoms with Gasteiger partial charge in [-0.15, -0.1) is 0 Å². The fourth-order valence-electron chi connectivity index (χ4n) is 2.98. The first-order chi connectivity index (χ1) is 13.4. The van der Waals surface area contributed by atoms with Gasteiger partial charge in [0, 0.05) is 22.3 Å². The first-order valence-electron chi connectivity index (χ1n) is 8.39. The van der Waals surface area contributed by atoms with Gasteiger partial charge >= 0.3 is 6.61 Å². The molecule has 0 spiro atoms. The molecule has 0 saturated carbocycles. The van der Waals surface area contributed by atoms with Crippen molar-refractivity contribution in [1.82, 2.24) is 5.32 Å². The van der Waals surface area contributed by atoms with Gasteiger partial charge in [0.05, 0.1) is 13.7 Å². The lowest BCUT2D eigenvalue weighted by molar-refractivity contribution is -0.117. The number of nitrogens with one attached hydrogen (secondary N) is 1. The number of rotatable bonds is 6. The van der Waals surface area contributed by atoms with Crippen LogP contribution in [-0.4, -0.2) is 38.6 Å². The molecule has 0 unspecified atom stereocenters. The van der Waals surface area contributed by atoms with Gasteiger partial charge in [-0.05, 0) is 48.4 Å². The normalized spacial score (nSPS) is 12.7. The monoisotopic (exact) mass is 454 g/mol. The standard InChI is InChI=1S/C19H17BrF2N2O4/c1-27-16-9-12(2-5-15(16)28-19(21)22)18(26)23-10-17(25)24-7-6-11-8-13(20)3-4-14(11)24/h2-5,8-9,19H,6-7,10H2,1H3,(H,23,26). The molecule has 0 saturated heterocycles. The Kier molecular flexibility index (Phi) is 6.13. The number of ether oxygens (including phenoxy) is 2. The SMILES string of the molecule is COc1cc(C(=O)NCC(=O)N2CCc3cc(Br)ccc32)ccc1OC(F)F. The third-order valence-electron chi connectivity index (χ3n) is 4.28. The van der Waals surface area contributed by atoms with Crippen LogP contribution < -0.4 is 19.7 Å². The van der Waals surface area contributed by atoms with E-state index in [0.717, 1.165) is 22.1 Å². The van der Waals surface area contributed by atoms with E-state index in [4.69, 9.17) is 4.74 Å². The minimum atomic E-state index is -3.00. The van der Waals surface area contributed by atoms with E-state index in [1.165, 1.54) is 25.3 Å². The van der Waals surface area contributed by atoms with Gasteiger partial charge in [0.25, 0.3) is 5.91 Å². The van der Waals surface area contributed by atoms with Crippen LogP contribution >= 0.6 is 15.9 Å². The second-order valence-corrected chi connectivity index (χ2v) is 6.91. The summed E-state index contributed by atoms with van der Waals surface area (Å²) in [5.41, 5.74) is 2.06. The lowest BCUT2D eigenvalue weighted by atomic mass is 10.2. The van der Waals surface area contributed by atoms with Crippen LogP contribution in [0.4, 0.5) is 14.5 Å². The summed E-state index contributed by atoms with van der Waals surface area (Å²) in [6.07, 6.45) is 0.747. The van der Waals surface area contributed by atoms with Crippen molar-refractivity contribution in [3.63, 3.8) is 0 Å². The first kappa shape index (κ1) is 20.1. The smallest absolute Gasteiger partial charge is 0.387 e. The Morgan fingerprint density at radius 2 is 2.00 bits per heavy atom. The fourth-order valence-corrected chi connectivity index (χ4v) is 3.39. The maximum Gasteiger partial charge on any atom is 0.387 e. The summed E-state index contributed by atoms with van der Waals surface area (Å²) in [6.45, 7) is -2.64. The number of carbonyl (C=O) groups is 2. The number of anilines is 1. The maximum absolute atomic E-state index is 12.5. The van der Waals surface area contributed by atoms with Gasteiger partial charge in [-0.1, -0.05) is 15.9 Å². The summed E-state index contributed by atoms with van der Waals surface area (Å²) in [4.78, 5) is 26.4. The molecule has 1 N–H and O–H groups in total. The molecule has 0 aliphatic carbocycles. The third kappa shape index (κ3) is 4.41. The van der Waals surface area contributed by atoms with Crippen molar-refractivity contribution in [3.8, 4) is 11.5 Å². The van der Waals surface area contributed by atoms with Crippen molar-refractivity contribution in [2.24, 2.45) is 0 Å². The zero-order valence-electron chi connectivity index (χ0n) is 14.9. The highest BCUT2D eigenvalue weighted by Crippen LogP contribution is 2.31. The van der Waals surface area contributed by atoms with Gasteiger partial charge in [-0.25, -0.2) is 0 Å². The van der Waals surface area contributed by atoms with Crippen molar-refractivity contribution in [1.29, 1.82) is 0 Å². The number of hydrogen-bond donors (Lipinski definition) is 1. The number of amides is 2. The molecule has 0 bridgehead atoms. The Labute approximate surface area is 168 Å². The van der Waals surface area contributed by atoms with Crippen molar-refractivity contribution >= 4 is 33.4 Å². The Morgan fingerprint density at radius 1 is 1.21 bits per heavy atom. The average Bonchev–Trinajstić information content (AvgIpc) is 3.08. The number of halogens is 3. The molecule has 0 aromatic heterocycles.